The van der Waals surface area contributed by atoms with Crippen LogP contribution in [0.3, 0.4) is 0 Å². The summed E-state index contributed by atoms with van der Waals surface area (Å²) in [5.74, 6) is -3.67. The van der Waals surface area contributed by atoms with E-state index in [4.69, 9.17) is 23.7 Å². The average molecular weight is 921 g/mol. The number of thioether (sulfide) groups is 2. The van der Waals surface area contributed by atoms with E-state index in [2.05, 4.69) is 19.7 Å². The van der Waals surface area contributed by atoms with Crippen molar-refractivity contribution in [3.63, 3.8) is 0 Å². The zero-order chi connectivity index (χ0) is 47.3. The molecule has 5 aromatic rings. The highest BCUT2D eigenvalue weighted by Crippen LogP contribution is 2.56. The number of allylic oxidation sites excluding steroid dienone is 3. The minimum Gasteiger partial charge on any atom is -0.486 e. The first-order valence-corrected chi connectivity index (χ1v) is 22.5. The van der Waals surface area contributed by atoms with Crippen LogP contribution in [-0.4, -0.2) is 53.7 Å². The number of ketones is 1. The van der Waals surface area contributed by atoms with Crippen LogP contribution in [0.1, 0.15) is 91.1 Å². The second-order valence-corrected chi connectivity index (χ2v) is 17.8. The van der Waals surface area contributed by atoms with Crippen LogP contribution in [-0.2, 0) is 16.0 Å². The Kier molecular flexibility index (Phi) is 14.1. The van der Waals surface area contributed by atoms with Crippen molar-refractivity contribution in [3.8, 4) is 28.7 Å². The third kappa shape index (κ3) is 10.2. The lowest BCUT2D eigenvalue weighted by Gasteiger charge is -2.37. The largest absolute Gasteiger partial charge is 0.486 e. The van der Waals surface area contributed by atoms with Gasteiger partial charge in [0.15, 0.2) is 28.8 Å². The van der Waals surface area contributed by atoms with E-state index in [1.54, 1.807) is 97.3 Å². The molecule has 0 spiro atoms. The maximum atomic E-state index is 14.0. The highest BCUT2D eigenvalue weighted by molar-refractivity contribution is 8.07. The van der Waals surface area contributed by atoms with Crippen molar-refractivity contribution in [3.05, 3.63) is 187 Å². The van der Waals surface area contributed by atoms with Crippen molar-refractivity contribution in [1.29, 1.82) is 0 Å². The molecule has 1 N–H and O–H groups in total. The molecule has 0 saturated carbocycles. The fraction of sp³-hybridized carbons (Fsp3) is 0.151. The van der Waals surface area contributed by atoms with Crippen LogP contribution >= 0.6 is 23.5 Å². The molecule has 0 aromatic heterocycles. The number of ether oxygens (including phenoxy) is 5. The molecule has 0 unspecified atom stereocenters. The topological polar surface area (TPSA) is 152 Å². The minimum absolute atomic E-state index is 0.0297. The van der Waals surface area contributed by atoms with Crippen molar-refractivity contribution < 1.29 is 52.8 Å². The predicted molar refractivity (Wildman–Crippen MR) is 257 cm³/mol. The fourth-order valence-electron chi connectivity index (χ4n) is 7.58. The standard InChI is InChI=1S/C53H44O11S2/c1-8-33-9-15-36(16-10-33)51(57)63-44-26-41-39(25-43(44)61-29-54)27-53(59)28-60-48-40(47(41)53)21-22-42(62-50(56)37-17-13-35(14-18-37)24-46(65-7)32(6)55)49(48)64-52(58)38-19-11-34(12-20-38)23-45(30(2)3)66-31(4)5/h8-26,29,47,59H,1-2,4,27-28H2,3,5-7H3/b45-23-,46-24-/t47-,53+/m0/s1. The molecular weight excluding hydrogens is 877 g/mol. The summed E-state index contributed by atoms with van der Waals surface area (Å²) in [4.78, 5) is 67.1. The van der Waals surface area contributed by atoms with Gasteiger partial charge in [-0.3, -0.25) is 9.59 Å². The highest BCUT2D eigenvalue weighted by atomic mass is 32.2. The molecule has 1 aliphatic carbocycles. The highest BCUT2D eigenvalue weighted by Gasteiger charge is 2.51. The van der Waals surface area contributed by atoms with E-state index < -0.39 is 29.4 Å². The Hall–Kier alpha value is -7.19. The Morgan fingerprint density at radius 2 is 1.26 bits per heavy atom. The molecule has 1 aliphatic heterocycles. The number of fused-ring (bicyclic) bond motifs is 5. The molecule has 13 heteroatoms. The lowest BCUT2D eigenvalue weighted by atomic mass is 9.80. The Bertz CT molecular complexity index is 2870. The van der Waals surface area contributed by atoms with Crippen LogP contribution in [0.25, 0.3) is 18.2 Å². The van der Waals surface area contributed by atoms with Gasteiger partial charge >= 0.3 is 17.9 Å². The third-order valence-corrected chi connectivity index (χ3v) is 12.6. The Morgan fingerprint density at radius 3 is 1.77 bits per heavy atom. The molecule has 0 bridgehead atoms. The number of aliphatic hydroxyl groups is 1. The normalized spacial score (nSPS) is 16.0. The second-order valence-electron chi connectivity index (χ2n) is 15.6. The van der Waals surface area contributed by atoms with Crippen LogP contribution in [0, 0.1) is 0 Å². The molecule has 66 heavy (non-hydrogen) atoms. The fourth-order valence-corrected chi connectivity index (χ4v) is 8.86. The summed E-state index contributed by atoms with van der Waals surface area (Å²) in [7, 11) is 0. The monoisotopic (exact) mass is 920 g/mol. The molecule has 2 aliphatic rings. The van der Waals surface area contributed by atoms with Crippen molar-refractivity contribution in [2.45, 2.75) is 38.7 Å². The van der Waals surface area contributed by atoms with E-state index in [0.29, 0.717) is 27.2 Å². The van der Waals surface area contributed by atoms with Gasteiger partial charge in [0.1, 0.15) is 12.2 Å². The van der Waals surface area contributed by atoms with Crippen LogP contribution in [0.4, 0.5) is 0 Å². The van der Waals surface area contributed by atoms with Gasteiger partial charge in [-0.05, 0) is 132 Å². The molecule has 0 fully saturated rings. The molecule has 1 heterocycles. The Balaban J connectivity index is 1.27. The van der Waals surface area contributed by atoms with Gasteiger partial charge in [0.25, 0.3) is 6.47 Å². The summed E-state index contributed by atoms with van der Waals surface area (Å²) >= 11 is 2.80. The quantitative estimate of drug-likeness (QED) is 0.0329. The van der Waals surface area contributed by atoms with Crippen LogP contribution in [0.5, 0.6) is 28.7 Å². The summed E-state index contributed by atoms with van der Waals surface area (Å²) in [5.41, 5.74) is 3.66. The van der Waals surface area contributed by atoms with Gasteiger partial charge in [-0.25, -0.2) is 14.4 Å². The summed E-state index contributed by atoms with van der Waals surface area (Å²) < 4.78 is 29.3. The summed E-state index contributed by atoms with van der Waals surface area (Å²) in [6, 6.07) is 25.8. The van der Waals surface area contributed by atoms with E-state index in [9.17, 15) is 29.1 Å². The first-order chi connectivity index (χ1) is 31.6. The maximum absolute atomic E-state index is 14.0. The van der Waals surface area contributed by atoms with Crippen molar-refractivity contribution in [1.82, 2.24) is 0 Å². The zero-order valence-corrected chi connectivity index (χ0v) is 38.1. The summed E-state index contributed by atoms with van der Waals surface area (Å²) in [6.07, 6.45) is 7.15. The Labute approximate surface area is 390 Å². The number of Topliss-reactive ketones (excluding diaryl/α,β-unsaturated/α-hetero) is 1. The first-order valence-electron chi connectivity index (χ1n) is 20.5. The van der Waals surface area contributed by atoms with E-state index in [0.717, 1.165) is 26.5 Å². The van der Waals surface area contributed by atoms with Gasteiger partial charge in [0, 0.05) is 22.8 Å². The molecule has 5 aromatic carbocycles. The number of hydrogen-bond acceptors (Lipinski definition) is 13. The van der Waals surface area contributed by atoms with Crippen molar-refractivity contribution in [2.24, 2.45) is 0 Å². The molecule has 0 saturated heterocycles. The number of carbonyl (C=O) groups is 5. The van der Waals surface area contributed by atoms with Gasteiger partial charge < -0.3 is 28.8 Å². The number of hydrogen-bond donors (Lipinski definition) is 1. The molecule has 2 atom stereocenters. The van der Waals surface area contributed by atoms with Gasteiger partial charge in [-0.15, -0.1) is 11.8 Å². The number of carbonyl (C=O) groups excluding carboxylic acids is 5. The predicted octanol–water partition coefficient (Wildman–Crippen LogP) is 10.8. The molecular formula is C53H44O11S2. The van der Waals surface area contributed by atoms with E-state index in [1.807, 2.05) is 19.9 Å². The van der Waals surface area contributed by atoms with E-state index in [-0.39, 0.29) is 70.7 Å². The smallest absolute Gasteiger partial charge is 0.343 e. The molecule has 0 radical (unpaired) electrons. The SMILES string of the molecule is C=Cc1ccc(C(=O)Oc2cc3c(cc2OC=O)C[C@@]2(O)COc4c(ccc(OC(=O)c5ccc(/C=C(\SC)C(C)=O)cc5)c4OC(=O)c4ccc(/C=C(\SC(=C)C)C(=C)C)cc4)[C@@H]32)cc1. The lowest BCUT2D eigenvalue weighted by Crippen LogP contribution is -2.44. The van der Waals surface area contributed by atoms with Gasteiger partial charge in [0.2, 0.25) is 5.75 Å². The summed E-state index contributed by atoms with van der Waals surface area (Å²) in [5, 5.41) is 12.2. The minimum atomic E-state index is -1.56. The average Bonchev–Trinajstić information content (AvgIpc) is 3.60. The van der Waals surface area contributed by atoms with Crippen molar-refractivity contribution >= 4 is 71.9 Å². The van der Waals surface area contributed by atoms with Crippen LogP contribution in [0.15, 0.2) is 137 Å². The molecule has 334 valence electrons. The van der Waals surface area contributed by atoms with E-state index in [1.165, 1.54) is 48.6 Å². The van der Waals surface area contributed by atoms with Gasteiger partial charge in [0.05, 0.1) is 21.6 Å². The number of esters is 3. The van der Waals surface area contributed by atoms with Gasteiger partial charge in [-0.2, -0.15) is 0 Å². The molecule has 0 amide bonds. The van der Waals surface area contributed by atoms with Crippen molar-refractivity contribution in [2.75, 3.05) is 12.9 Å². The van der Waals surface area contributed by atoms with Gasteiger partial charge in [-0.1, -0.05) is 80.0 Å². The molecule has 7 rings (SSSR count). The van der Waals surface area contributed by atoms with E-state index >= 15 is 0 Å². The zero-order valence-electron chi connectivity index (χ0n) is 36.5. The first kappa shape index (κ1) is 46.8. The lowest BCUT2D eigenvalue weighted by molar-refractivity contribution is -0.120. The second kappa shape index (κ2) is 19.9. The Morgan fingerprint density at radius 1 is 0.712 bits per heavy atom. The number of benzene rings is 5. The summed E-state index contributed by atoms with van der Waals surface area (Å²) in [6.45, 7) is 17.0. The molecule has 11 nitrogen and oxygen atoms in total. The van der Waals surface area contributed by atoms with Crippen LogP contribution in [0.2, 0.25) is 0 Å². The van der Waals surface area contributed by atoms with Crippen LogP contribution < -0.4 is 23.7 Å². The maximum Gasteiger partial charge on any atom is 0.343 e. The third-order valence-electron chi connectivity index (χ3n) is 10.8. The number of rotatable bonds is 16.